The Kier molecular flexibility index (Phi) is 7.12. The largest absolute Gasteiger partial charge is 0.493 e. The van der Waals surface area contributed by atoms with Crippen molar-refractivity contribution in [1.82, 2.24) is 5.01 Å². The van der Waals surface area contributed by atoms with Gasteiger partial charge in [-0.2, -0.15) is 5.10 Å². The van der Waals surface area contributed by atoms with Gasteiger partial charge < -0.3 is 18.6 Å². The van der Waals surface area contributed by atoms with Crippen molar-refractivity contribution in [3.63, 3.8) is 0 Å². The second-order valence-corrected chi connectivity index (χ2v) is 8.39. The van der Waals surface area contributed by atoms with Gasteiger partial charge in [-0.15, -0.1) is 17.9 Å². The summed E-state index contributed by atoms with van der Waals surface area (Å²) in [5.41, 5.74) is 1.75. The van der Waals surface area contributed by atoms with Crippen LogP contribution in [0.2, 0.25) is 0 Å². The summed E-state index contributed by atoms with van der Waals surface area (Å²) < 4.78 is 21.6. The molecule has 4 rings (SSSR count). The van der Waals surface area contributed by atoms with Gasteiger partial charge in [0.2, 0.25) is 0 Å². The van der Waals surface area contributed by atoms with Crippen LogP contribution in [0.25, 0.3) is 0 Å². The van der Waals surface area contributed by atoms with Crippen molar-refractivity contribution in [2.24, 2.45) is 5.10 Å². The zero-order valence-corrected chi connectivity index (χ0v) is 19.7. The molecule has 3 heterocycles. The van der Waals surface area contributed by atoms with Crippen LogP contribution in [-0.4, -0.2) is 43.4 Å². The summed E-state index contributed by atoms with van der Waals surface area (Å²) in [7, 11) is 3.01. The van der Waals surface area contributed by atoms with Gasteiger partial charge in [0.05, 0.1) is 36.6 Å². The first-order chi connectivity index (χ1) is 16.5. The predicted octanol–water partition coefficient (Wildman–Crippen LogP) is 4.62. The summed E-state index contributed by atoms with van der Waals surface area (Å²) in [6, 6.07) is 10.2. The fraction of sp³-hybridized carbons (Fsp3) is 0.240. The number of thiophene rings is 1. The lowest BCUT2D eigenvalue weighted by atomic mass is 10.1. The highest BCUT2D eigenvalue weighted by molar-refractivity contribution is 7.12. The number of rotatable bonds is 9. The molecule has 1 aliphatic rings. The number of allylic oxidation sites excluding steroid dienone is 1. The fourth-order valence-corrected chi connectivity index (χ4v) is 4.50. The molecule has 1 unspecified atom stereocenters. The molecule has 0 saturated carbocycles. The third-order valence-electron chi connectivity index (χ3n) is 5.33. The van der Waals surface area contributed by atoms with E-state index in [0.717, 1.165) is 16.2 Å². The molecule has 3 aromatic rings. The van der Waals surface area contributed by atoms with E-state index in [-0.39, 0.29) is 5.56 Å². The Hall–Kier alpha value is -3.85. The molecule has 1 aliphatic heterocycles. The molecule has 9 heteroatoms. The Bertz CT molecular complexity index is 1200. The van der Waals surface area contributed by atoms with Crippen molar-refractivity contribution in [3.8, 4) is 11.5 Å². The minimum Gasteiger partial charge on any atom is -0.493 e. The summed E-state index contributed by atoms with van der Waals surface area (Å²) in [5, 5.41) is 7.81. The molecule has 0 aliphatic carbocycles. The fourth-order valence-electron chi connectivity index (χ4n) is 3.78. The number of methoxy groups -OCH3 is 2. The first kappa shape index (κ1) is 23.3. The Morgan fingerprint density at radius 1 is 1.26 bits per heavy atom. The first-order valence-corrected chi connectivity index (χ1v) is 11.4. The normalized spacial score (nSPS) is 15.1. The molecule has 0 bridgehead atoms. The summed E-state index contributed by atoms with van der Waals surface area (Å²) in [5.74, 6) is 0.416. The van der Waals surface area contributed by atoms with Gasteiger partial charge in [-0.1, -0.05) is 12.1 Å². The molecule has 2 aromatic heterocycles. The number of hydrogen-bond donors (Lipinski definition) is 0. The molecular formula is C25H24N2O6S. The highest BCUT2D eigenvalue weighted by atomic mass is 32.1. The van der Waals surface area contributed by atoms with E-state index in [1.807, 2.05) is 17.5 Å². The number of nitrogens with zero attached hydrogens (tertiary/aromatic N) is 2. The van der Waals surface area contributed by atoms with Crippen LogP contribution in [0.15, 0.2) is 70.2 Å². The van der Waals surface area contributed by atoms with Crippen LogP contribution in [-0.2, 0) is 16.0 Å². The van der Waals surface area contributed by atoms with Gasteiger partial charge in [0.25, 0.3) is 5.91 Å². The van der Waals surface area contributed by atoms with Gasteiger partial charge in [0.15, 0.2) is 18.1 Å². The molecule has 0 spiro atoms. The van der Waals surface area contributed by atoms with E-state index in [1.165, 1.54) is 25.3 Å². The highest BCUT2D eigenvalue weighted by Crippen LogP contribution is 2.35. The number of amides is 1. The summed E-state index contributed by atoms with van der Waals surface area (Å²) in [6.45, 7) is 3.27. The van der Waals surface area contributed by atoms with Crippen LogP contribution < -0.4 is 9.47 Å². The van der Waals surface area contributed by atoms with Gasteiger partial charge >= 0.3 is 5.97 Å². The average molecular weight is 481 g/mol. The van der Waals surface area contributed by atoms with Gasteiger partial charge in [0.1, 0.15) is 11.8 Å². The first-order valence-electron chi connectivity index (χ1n) is 10.6. The molecule has 1 amide bonds. The average Bonchev–Trinajstić information content (AvgIpc) is 3.62. The number of carbonyl (C=O) groups excluding carboxylic acids is 2. The predicted molar refractivity (Wildman–Crippen MR) is 127 cm³/mol. The summed E-state index contributed by atoms with van der Waals surface area (Å²) in [6.07, 6.45) is 4.23. The van der Waals surface area contributed by atoms with E-state index in [0.29, 0.717) is 30.1 Å². The smallest absolute Gasteiger partial charge is 0.338 e. The molecule has 0 radical (unpaired) electrons. The Balaban J connectivity index is 1.51. The van der Waals surface area contributed by atoms with Crippen LogP contribution in [0.5, 0.6) is 11.5 Å². The molecule has 0 N–H and O–H groups in total. The van der Waals surface area contributed by atoms with E-state index < -0.39 is 24.5 Å². The van der Waals surface area contributed by atoms with E-state index in [9.17, 15) is 9.59 Å². The van der Waals surface area contributed by atoms with Crippen molar-refractivity contribution in [2.75, 3.05) is 20.8 Å². The summed E-state index contributed by atoms with van der Waals surface area (Å²) >= 11 is 1.55. The molecule has 8 nitrogen and oxygen atoms in total. The maximum atomic E-state index is 13.0. The number of esters is 1. The molecule has 1 atom stereocenters. The number of carbonyl (C=O) groups is 2. The molecule has 34 heavy (non-hydrogen) atoms. The van der Waals surface area contributed by atoms with Crippen molar-refractivity contribution in [1.29, 1.82) is 0 Å². The molecule has 176 valence electrons. The standard InChI is InChI=1S/C25H24N2O6S/c1-4-7-16-12-17(13-21(30-2)24(16)31-3)25(29)33-15-23(28)27-19(20-8-5-10-32-20)14-18(26-27)22-9-6-11-34-22/h4-6,8-13,19H,1,7,14-15H2,2-3H3. The second-order valence-electron chi connectivity index (χ2n) is 7.44. The third kappa shape index (κ3) is 4.74. The molecule has 0 fully saturated rings. The molecule has 1 aromatic carbocycles. The zero-order valence-electron chi connectivity index (χ0n) is 18.9. The van der Waals surface area contributed by atoms with Crippen LogP contribution in [0.3, 0.4) is 0 Å². The minimum absolute atomic E-state index is 0.245. The zero-order chi connectivity index (χ0) is 24.1. The van der Waals surface area contributed by atoms with Crippen LogP contribution in [0, 0.1) is 0 Å². The highest BCUT2D eigenvalue weighted by Gasteiger charge is 2.35. The monoisotopic (exact) mass is 480 g/mol. The quantitative estimate of drug-likeness (QED) is 0.328. The molecule has 0 saturated heterocycles. The van der Waals surface area contributed by atoms with Crippen molar-refractivity contribution >= 4 is 28.9 Å². The number of hydrazone groups is 1. The lowest BCUT2D eigenvalue weighted by molar-refractivity contribution is -0.136. The number of hydrogen-bond acceptors (Lipinski definition) is 8. The number of ether oxygens (including phenoxy) is 3. The van der Waals surface area contributed by atoms with Crippen molar-refractivity contribution < 1.29 is 28.2 Å². The Labute approximate surface area is 201 Å². The van der Waals surface area contributed by atoms with Crippen LogP contribution in [0.1, 0.15) is 39.0 Å². The third-order valence-corrected chi connectivity index (χ3v) is 6.24. The second kappa shape index (κ2) is 10.4. The van der Waals surface area contributed by atoms with E-state index >= 15 is 0 Å². The van der Waals surface area contributed by atoms with E-state index in [2.05, 4.69) is 11.7 Å². The van der Waals surface area contributed by atoms with Crippen molar-refractivity contribution in [3.05, 3.63) is 82.5 Å². The van der Waals surface area contributed by atoms with E-state index in [4.69, 9.17) is 18.6 Å². The van der Waals surface area contributed by atoms with Gasteiger partial charge in [-0.25, -0.2) is 9.80 Å². The van der Waals surface area contributed by atoms with E-state index in [1.54, 1.807) is 41.9 Å². The SMILES string of the molecule is C=CCc1cc(C(=O)OCC(=O)N2N=C(c3cccs3)CC2c2ccco2)cc(OC)c1OC. The van der Waals surface area contributed by atoms with Crippen LogP contribution in [0.4, 0.5) is 0 Å². The van der Waals surface area contributed by atoms with Crippen LogP contribution >= 0.6 is 11.3 Å². The lowest BCUT2D eigenvalue weighted by Gasteiger charge is -2.20. The summed E-state index contributed by atoms with van der Waals surface area (Å²) in [4.78, 5) is 26.8. The van der Waals surface area contributed by atoms with Crippen molar-refractivity contribution in [2.45, 2.75) is 18.9 Å². The maximum absolute atomic E-state index is 13.0. The minimum atomic E-state index is -0.657. The Morgan fingerprint density at radius 2 is 2.12 bits per heavy atom. The topological polar surface area (TPSA) is 90.6 Å². The molecular weight excluding hydrogens is 456 g/mol. The van der Waals surface area contributed by atoms with Gasteiger partial charge in [0, 0.05) is 12.0 Å². The Morgan fingerprint density at radius 3 is 2.76 bits per heavy atom. The number of furan rings is 1. The lowest BCUT2D eigenvalue weighted by Crippen LogP contribution is -2.31. The van der Waals surface area contributed by atoms with Gasteiger partial charge in [-0.3, -0.25) is 4.79 Å². The maximum Gasteiger partial charge on any atom is 0.338 e. The number of benzene rings is 1. The van der Waals surface area contributed by atoms with Gasteiger partial charge in [-0.05, 0) is 42.1 Å².